The molecule has 1 heterocycles. The molecule has 0 aromatic heterocycles. The van der Waals surface area contributed by atoms with Crippen molar-refractivity contribution in [2.45, 2.75) is 39.0 Å². The van der Waals surface area contributed by atoms with Crippen molar-refractivity contribution in [2.24, 2.45) is 0 Å². The Kier molecular flexibility index (Phi) is 5.90. The number of carbonyl (C=O) groups excluding carboxylic acids is 1. The van der Waals surface area contributed by atoms with Crippen molar-refractivity contribution in [3.8, 4) is 0 Å². The van der Waals surface area contributed by atoms with Gasteiger partial charge in [0.15, 0.2) is 0 Å². The van der Waals surface area contributed by atoms with Gasteiger partial charge < -0.3 is 21.0 Å². The van der Waals surface area contributed by atoms with E-state index in [1.54, 1.807) is 6.92 Å². The summed E-state index contributed by atoms with van der Waals surface area (Å²) in [5.74, 6) is 0. The van der Waals surface area contributed by atoms with Crippen molar-refractivity contribution in [1.29, 1.82) is 0 Å². The Hall–Kier alpha value is -1.31. The molecule has 18 heavy (non-hydrogen) atoms. The van der Waals surface area contributed by atoms with Gasteiger partial charge in [-0.05, 0) is 13.3 Å². The van der Waals surface area contributed by atoms with Gasteiger partial charge in [-0.2, -0.15) is 0 Å². The van der Waals surface area contributed by atoms with Crippen molar-refractivity contribution in [2.75, 3.05) is 13.1 Å². The standard InChI is InChI=1S/C11H22N4O3/c1-3-4-5-12-11(18)15-14-7(2)9-8(16)6-13-10(9)17/h8,10,13-14,16-17H,3-6H2,1-2H3,(H2,12,15,18)/b9-7+. The van der Waals surface area contributed by atoms with Gasteiger partial charge in [-0.3, -0.25) is 10.7 Å². The quantitative estimate of drug-likeness (QED) is 0.284. The number of hydrogen-bond acceptors (Lipinski definition) is 5. The summed E-state index contributed by atoms with van der Waals surface area (Å²) >= 11 is 0. The summed E-state index contributed by atoms with van der Waals surface area (Å²) in [6.07, 6.45) is 0.324. The summed E-state index contributed by atoms with van der Waals surface area (Å²) in [4.78, 5) is 11.4. The number of hydrazine groups is 1. The fraction of sp³-hybridized carbons (Fsp3) is 0.727. The topological polar surface area (TPSA) is 106 Å². The van der Waals surface area contributed by atoms with Crippen molar-refractivity contribution >= 4 is 6.03 Å². The van der Waals surface area contributed by atoms with Gasteiger partial charge in [0.1, 0.15) is 6.23 Å². The minimum absolute atomic E-state index is 0.304. The van der Waals surface area contributed by atoms with E-state index in [2.05, 4.69) is 21.5 Å². The first kappa shape index (κ1) is 14.7. The summed E-state index contributed by atoms with van der Waals surface area (Å²) in [6, 6.07) is -0.335. The number of allylic oxidation sites excluding steroid dienone is 1. The fourth-order valence-electron chi connectivity index (χ4n) is 1.73. The Morgan fingerprint density at radius 2 is 2.17 bits per heavy atom. The van der Waals surface area contributed by atoms with Crippen LogP contribution in [0.2, 0.25) is 0 Å². The lowest BCUT2D eigenvalue weighted by Crippen LogP contribution is -2.44. The molecular formula is C11H22N4O3. The molecule has 2 unspecified atom stereocenters. The molecule has 2 atom stereocenters. The molecule has 2 amide bonds. The first-order chi connectivity index (χ1) is 8.56. The summed E-state index contributed by atoms with van der Waals surface area (Å²) < 4.78 is 0. The van der Waals surface area contributed by atoms with Gasteiger partial charge in [0.25, 0.3) is 0 Å². The van der Waals surface area contributed by atoms with Crippen molar-refractivity contribution < 1.29 is 15.0 Å². The first-order valence-electron chi connectivity index (χ1n) is 6.16. The zero-order valence-corrected chi connectivity index (χ0v) is 10.8. The molecule has 104 valence electrons. The third kappa shape index (κ3) is 4.17. The van der Waals surface area contributed by atoms with Crippen LogP contribution in [0.25, 0.3) is 0 Å². The van der Waals surface area contributed by atoms with Gasteiger partial charge in [0, 0.05) is 24.4 Å². The summed E-state index contributed by atoms with van der Waals surface area (Å²) in [5.41, 5.74) is 6.10. The van der Waals surface area contributed by atoms with Crippen LogP contribution in [-0.4, -0.2) is 41.7 Å². The van der Waals surface area contributed by atoms with Crippen LogP contribution in [0.4, 0.5) is 4.79 Å². The van der Waals surface area contributed by atoms with Crippen LogP contribution in [-0.2, 0) is 0 Å². The lowest BCUT2D eigenvalue weighted by Gasteiger charge is -2.15. The number of nitrogens with one attached hydrogen (secondary N) is 4. The van der Waals surface area contributed by atoms with Crippen LogP contribution < -0.4 is 21.5 Å². The minimum atomic E-state index is -0.877. The van der Waals surface area contributed by atoms with Crippen LogP contribution in [0.3, 0.4) is 0 Å². The lowest BCUT2D eigenvalue weighted by atomic mass is 10.1. The Morgan fingerprint density at radius 3 is 2.72 bits per heavy atom. The van der Waals surface area contributed by atoms with E-state index in [1.165, 1.54) is 0 Å². The normalized spacial score (nSPS) is 25.8. The molecule has 0 saturated carbocycles. The third-order valence-corrected chi connectivity index (χ3v) is 2.77. The maximum atomic E-state index is 11.4. The van der Waals surface area contributed by atoms with Crippen LogP contribution in [0, 0.1) is 0 Å². The van der Waals surface area contributed by atoms with Crippen molar-refractivity contribution in [1.82, 2.24) is 21.5 Å². The number of rotatable bonds is 5. The average Bonchev–Trinajstić information content (AvgIpc) is 2.66. The largest absolute Gasteiger partial charge is 0.387 e. The molecule has 0 aromatic rings. The molecule has 1 rings (SSSR count). The Morgan fingerprint density at radius 1 is 1.44 bits per heavy atom. The molecule has 1 aliphatic heterocycles. The zero-order valence-electron chi connectivity index (χ0n) is 10.8. The highest BCUT2D eigenvalue weighted by Gasteiger charge is 2.28. The Labute approximate surface area is 107 Å². The molecule has 7 nitrogen and oxygen atoms in total. The monoisotopic (exact) mass is 258 g/mol. The summed E-state index contributed by atoms with van der Waals surface area (Å²) in [5, 5.41) is 24.6. The SMILES string of the molecule is CCCCNC(=O)NN/C(C)=C1\C(O)CNC1O. The van der Waals surface area contributed by atoms with Crippen LogP contribution in [0.1, 0.15) is 26.7 Å². The number of carbonyl (C=O) groups is 1. The Balaban J connectivity index is 2.38. The Bertz CT molecular complexity index is 307. The maximum absolute atomic E-state index is 11.4. The second-order valence-corrected chi connectivity index (χ2v) is 4.27. The smallest absolute Gasteiger partial charge is 0.333 e. The average molecular weight is 258 g/mol. The van der Waals surface area contributed by atoms with E-state index in [0.717, 1.165) is 12.8 Å². The highest BCUT2D eigenvalue weighted by Crippen LogP contribution is 2.15. The van der Waals surface area contributed by atoms with Crippen molar-refractivity contribution in [3.05, 3.63) is 11.3 Å². The second-order valence-electron chi connectivity index (χ2n) is 4.27. The first-order valence-corrected chi connectivity index (χ1v) is 6.16. The highest BCUT2D eigenvalue weighted by atomic mass is 16.3. The predicted octanol–water partition coefficient (Wildman–Crippen LogP) is -0.853. The van der Waals surface area contributed by atoms with Crippen LogP contribution >= 0.6 is 0 Å². The molecule has 0 bridgehead atoms. The number of amides is 2. The van der Waals surface area contributed by atoms with E-state index in [4.69, 9.17) is 0 Å². The number of aliphatic hydroxyl groups is 2. The van der Waals surface area contributed by atoms with E-state index in [1.807, 2.05) is 6.92 Å². The number of β-amino-alcohol motifs (C(OH)–C–C–N with tert-alkyl or cyclic N) is 1. The van der Waals surface area contributed by atoms with Gasteiger partial charge in [-0.1, -0.05) is 13.3 Å². The number of hydrogen-bond donors (Lipinski definition) is 6. The molecular weight excluding hydrogens is 236 g/mol. The van der Waals surface area contributed by atoms with Gasteiger partial charge in [0.2, 0.25) is 0 Å². The summed E-state index contributed by atoms with van der Waals surface area (Å²) in [7, 11) is 0. The van der Waals surface area contributed by atoms with Gasteiger partial charge in [-0.15, -0.1) is 0 Å². The molecule has 0 spiro atoms. The molecule has 0 aromatic carbocycles. The number of unbranched alkanes of at least 4 members (excludes halogenated alkanes) is 1. The van der Waals surface area contributed by atoms with E-state index in [9.17, 15) is 15.0 Å². The molecule has 1 fully saturated rings. The third-order valence-electron chi connectivity index (χ3n) is 2.77. The van der Waals surface area contributed by atoms with Gasteiger partial charge >= 0.3 is 6.03 Å². The lowest BCUT2D eigenvalue weighted by molar-refractivity contribution is 0.185. The van der Waals surface area contributed by atoms with E-state index in [0.29, 0.717) is 24.4 Å². The molecule has 0 radical (unpaired) electrons. The second kappa shape index (κ2) is 7.20. The minimum Gasteiger partial charge on any atom is -0.387 e. The van der Waals surface area contributed by atoms with Crippen molar-refractivity contribution in [3.63, 3.8) is 0 Å². The summed E-state index contributed by atoms with van der Waals surface area (Å²) in [6.45, 7) is 4.65. The van der Waals surface area contributed by atoms with Crippen LogP contribution in [0.15, 0.2) is 11.3 Å². The molecule has 1 aliphatic rings. The zero-order chi connectivity index (χ0) is 13.5. The maximum Gasteiger partial charge on any atom is 0.333 e. The molecule has 0 aliphatic carbocycles. The number of aliphatic hydroxyl groups excluding tert-OH is 2. The highest BCUT2D eigenvalue weighted by molar-refractivity contribution is 5.73. The van der Waals surface area contributed by atoms with Gasteiger partial charge in [0.05, 0.1) is 6.10 Å². The predicted molar refractivity (Wildman–Crippen MR) is 67.3 cm³/mol. The van der Waals surface area contributed by atoms with E-state index in [-0.39, 0.29) is 6.03 Å². The molecule has 1 saturated heterocycles. The number of urea groups is 1. The fourth-order valence-corrected chi connectivity index (χ4v) is 1.73. The van der Waals surface area contributed by atoms with Gasteiger partial charge in [-0.25, -0.2) is 4.79 Å². The molecule has 6 N–H and O–H groups in total. The van der Waals surface area contributed by atoms with Crippen LogP contribution in [0.5, 0.6) is 0 Å². The van der Waals surface area contributed by atoms with E-state index >= 15 is 0 Å². The van der Waals surface area contributed by atoms with E-state index < -0.39 is 12.3 Å². The molecule has 7 heteroatoms.